The Labute approximate surface area is 110 Å². The molecule has 1 atom stereocenters. The third-order valence-electron chi connectivity index (χ3n) is 3.15. The lowest BCUT2D eigenvalue weighted by molar-refractivity contribution is 0.554. The molecule has 0 aliphatic heterocycles. The molecule has 1 aromatic carbocycles. The number of sulfonamides is 1. The van der Waals surface area contributed by atoms with E-state index in [4.69, 9.17) is 17.3 Å². The number of benzene rings is 1. The first-order valence-electron chi connectivity index (χ1n) is 5.40. The molecule has 1 aliphatic rings. The summed E-state index contributed by atoms with van der Waals surface area (Å²) in [5.41, 5.74) is 5.07. The van der Waals surface area contributed by atoms with E-state index in [2.05, 4.69) is 4.72 Å². The van der Waals surface area contributed by atoms with E-state index in [0.717, 1.165) is 18.6 Å². The van der Waals surface area contributed by atoms with Crippen molar-refractivity contribution in [1.29, 1.82) is 0 Å². The molecule has 0 spiro atoms. The highest BCUT2D eigenvalue weighted by Gasteiger charge is 2.48. The Bertz CT molecular complexity index is 601. The lowest BCUT2D eigenvalue weighted by Crippen LogP contribution is -2.29. The number of rotatable bonds is 3. The van der Waals surface area contributed by atoms with Crippen molar-refractivity contribution in [2.24, 2.45) is 5.41 Å². The van der Waals surface area contributed by atoms with Crippen LogP contribution in [0.4, 0.5) is 10.1 Å². The van der Waals surface area contributed by atoms with Gasteiger partial charge in [0.05, 0.1) is 10.7 Å². The standard InChI is InChI=1S/C11H14ClFN2O2S/c1-11(2)5-10(11)15-18(16,17)9-4-8(14)7(13)3-6(9)12/h3-4,10,15H,5,14H2,1-2H3. The molecule has 1 unspecified atom stereocenters. The molecule has 2 rings (SSSR count). The molecule has 0 bridgehead atoms. The van der Waals surface area contributed by atoms with Crippen molar-refractivity contribution >= 4 is 27.3 Å². The van der Waals surface area contributed by atoms with Crippen LogP contribution in [0.1, 0.15) is 20.3 Å². The van der Waals surface area contributed by atoms with Crippen molar-refractivity contribution in [2.45, 2.75) is 31.2 Å². The van der Waals surface area contributed by atoms with Crippen LogP contribution in [-0.4, -0.2) is 14.5 Å². The van der Waals surface area contributed by atoms with Gasteiger partial charge in [-0.2, -0.15) is 0 Å². The van der Waals surface area contributed by atoms with Crippen LogP contribution >= 0.6 is 11.6 Å². The van der Waals surface area contributed by atoms with Gasteiger partial charge in [-0.3, -0.25) is 0 Å². The summed E-state index contributed by atoms with van der Waals surface area (Å²) in [5, 5.41) is -0.173. The Morgan fingerprint density at radius 1 is 1.50 bits per heavy atom. The van der Waals surface area contributed by atoms with Crippen molar-refractivity contribution in [3.63, 3.8) is 0 Å². The quantitative estimate of drug-likeness (QED) is 0.838. The van der Waals surface area contributed by atoms with Gasteiger partial charge in [-0.1, -0.05) is 25.4 Å². The fourth-order valence-electron chi connectivity index (χ4n) is 1.67. The number of hydrogen-bond donors (Lipinski definition) is 2. The molecule has 3 N–H and O–H groups in total. The molecule has 1 saturated carbocycles. The molecule has 0 saturated heterocycles. The minimum Gasteiger partial charge on any atom is -0.396 e. The number of nitrogen functional groups attached to an aromatic ring is 1. The maximum absolute atomic E-state index is 13.1. The lowest BCUT2D eigenvalue weighted by Gasteiger charge is -2.10. The van der Waals surface area contributed by atoms with E-state index >= 15 is 0 Å². The smallest absolute Gasteiger partial charge is 0.242 e. The molecule has 7 heteroatoms. The Morgan fingerprint density at radius 2 is 2.06 bits per heavy atom. The van der Waals surface area contributed by atoms with Crippen LogP contribution in [0.15, 0.2) is 17.0 Å². The molecular weight excluding hydrogens is 279 g/mol. The van der Waals surface area contributed by atoms with Crippen LogP contribution in [-0.2, 0) is 10.0 Å². The van der Waals surface area contributed by atoms with Gasteiger partial charge in [-0.25, -0.2) is 17.5 Å². The predicted molar refractivity (Wildman–Crippen MR) is 68.3 cm³/mol. The molecule has 18 heavy (non-hydrogen) atoms. The molecule has 0 aromatic heterocycles. The minimum absolute atomic E-state index is 0.0505. The second-order valence-corrected chi connectivity index (χ2v) is 7.26. The van der Waals surface area contributed by atoms with Crippen LogP contribution in [0.25, 0.3) is 0 Å². The van der Waals surface area contributed by atoms with Gasteiger partial charge in [0.15, 0.2) is 0 Å². The van der Waals surface area contributed by atoms with E-state index in [1.54, 1.807) is 0 Å². The summed E-state index contributed by atoms with van der Waals surface area (Å²) in [6, 6.07) is 1.82. The zero-order valence-electron chi connectivity index (χ0n) is 10.00. The van der Waals surface area contributed by atoms with Gasteiger partial charge in [-0.05, 0) is 24.0 Å². The monoisotopic (exact) mass is 292 g/mol. The first kappa shape index (κ1) is 13.6. The second-order valence-electron chi connectivity index (χ2n) is 5.17. The van der Waals surface area contributed by atoms with Gasteiger partial charge in [0.2, 0.25) is 10.0 Å². The first-order valence-corrected chi connectivity index (χ1v) is 7.26. The summed E-state index contributed by atoms with van der Waals surface area (Å²) in [4.78, 5) is -0.189. The molecule has 100 valence electrons. The van der Waals surface area contributed by atoms with E-state index in [-0.39, 0.29) is 27.1 Å². The Hall–Kier alpha value is -0.850. The number of anilines is 1. The molecule has 0 heterocycles. The summed E-state index contributed by atoms with van der Waals surface area (Å²) < 4.78 is 39.8. The minimum atomic E-state index is -3.77. The van der Waals surface area contributed by atoms with Gasteiger partial charge >= 0.3 is 0 Å². The van der Waals surface area contributed by atoms with Crippen molar-refractivity contribution < 1.29 is 12.8 Å². The number of halogens is 2. The third kappa shape index (κ3) is 2.46. The Balaban J connectivity index is 2.33. The van der Waals surface area contributed by atoms with Crippen LogP contribution in [0, 0.1) is 11.2 Å². The van der Waals surface area contributed by atoms with Crippen molar-refractivity contribution in [1.82, 2.24) is 4.72 Å². The molecule has 0 amide bonds. The fourth-order valence-corrected chi connectivity index (χ4v) is 3.63. The second kappa shape index (κ2) is 4.08. The number of nitrogens with two attached hydrogens (primary N) is 1. The van der Waals surface area contributed by atoms with Crippen LogP contribution in [0.5, 0.6) is 0 Å². The van der Waals surface area contributed by atoms with E-state index in [1.807, 2.05) is 13.8 Å². The molecule has 0 radical (unpaired) electrons. The van der Waals surface area contributed by atoms with Crippen LogP contribution in [0.3, 0.4) is 0 Å². The van der Waals surface area contributed by atoms with Crippen molar-refractivity contribution in [2.75, 3.05) is 5.73 Å². The fraction of sp³-hybridized carbons (Fsp3) is 0.455. The van der Waals surface area contributed by atoms with Crippen LogP contribution in [0.2, 0.25) is 5.02 Å². The maximum Gasteiger partial charge on any atom is 0.242 e. The van der Waals surface area contributed by atoms with E-state index in [1.165, 1.54) is 0 Å². The summed E-state index contributed by atoms with van der Waals surface area (Å²) in [7, 11) is -3.77. The SMILES string of the molecule is CC1(C)CC1NS(=O)(=O)c1cc(N)c(F)cc1Cl. The molecule has 4 nitrogen and oxygen atoms in total. The summed E-state index contributed by atoms with van der Waals surface area (Å²) in [5.74, 6) is -0.731. The zero-order valence-corrected chi connectivity index (χ0v) is 11.6. The predicted octanol–water partition coefficient (Wildman–Crippen LogP) is 2.14. The van der Waals surface area contributed by atoms with E-state index < -0.39 is 15.8 Å². The lowest BCUT2D eigenvalue weighted by atomic mass is 10.2. The molecule has 1 aliphatic carbocycles. The van der Waals surface area contributed by atoms with E-state index in [9.17, 15) is 12.8 Å². The normalized spacial score (nSPS) is 21.9. The Kier molecular flexibility index (Phi) is 3.08. The maximum atomic E-state index is 13.1. The van der Waals surface area contributed by atoms with Gasteiger partial charge in [0, 0.05) is 6.04 Å². The average molecular weight is 293 g/mol. The van der Waals surface area contributed by atoms with Gasteiger partial charge in [0.25, 0.3) is 0 Å². The molecule has 1 fully saturated rings. The number of hydrogen-bond acceptors (Lipinski definition) is 3. The third-order valence-corrected chi connectivity index (χ3v) is 5.09. The van der Waals surface area contributed by atoms with Crippen molar-refractivity contribution in [3.05, 3.63) is 23.0 Å². The van der Waals surface area contributed by atoms with Gasteiger partial charge in [0.1, 0.15) is 10.7 Å². The Morgan fingerprint density at radius 3 is 2.56 bits per heavy atom. The largest absolute Gasteiger partial charge is 0.396 e. The topological polar surface area (TPSA) is 72.2 Å². The molecule has 1 aromatic rings. The highest BCUT2D eigenvalue weighted by atomic mass is 35.5. The van der Waals surface area contributed by atoms with Crippen LogP contribution < -0.4 is 10.5 Å². The summed E-state index contributed by atoms with van der Waals surface area (Å²) in [6.07, 6.45) is 0.764. The molecular formula is C11H14ClFN2O2S. The highest BCUT2D eigenvalue weighted by molar-refractivity contribution is 7.89. The van der Waals surface area contributed by atoms with E-state index in [0.29, 0.717) is 0 Å². The summed E-state index contributed by atoms with van der Waals surface area (Å²) in [6.45, 7) is 3.92. The number of nitrogens with one attached hydrogen (secondary N) is 1. The average Bonchev–Trinajstić information content (AvgIpc) is 2.78. The van der Waals surface area contributed by atoms with Crippen molar-refractivity contribution in [3.8, 4) is 0 Å². The van der Waals surface area contributed by atoms with Gasteiger partial charge in [-0.15, -0.1) is 0 Å². The highest BCUT2D eigenvalue weighted by Crippen LogP contribution is 2.45. The van der Waals surface area contributed by atoms with Gasteiger partial charge < -0.3 is 5.73 Å². The first-order chi connectivity index (χ1) is 8.13. The zero-order chi connectivity index (χ0) is 13.7. The summed E-state index contributed by atoms with van der Waals surface area (Å²) >= 11 is 5.75.